The molecule has 1 atom stereocenters. The molecule has 1 rings (SSSR count). The zero-order chi connectivity index (χ0) is 12.8. The summed E-state index contributed by atoms with van der Waals surface area (Å²) in [5, 5.41) is 12.1. The van der Waals surface area contributed by atoms with Crippen molar-refractivity contribution < 1.29 is 9.47 Å². The van der Waals surface area contributed by atoms with Crippen molar-refractivity contribution in [3.05, 3.63) is 23.5 Å². The van der Waals surface area contributed by atoms with Crippen molar-refractivity contribution >= 4 is 0 Å². The Morgan fingerprint density at radius 3 is 2.59 bits per heavy atom. The van der Waals surface area contributed by atoms with Crippen LogP contribution in [-0.2, 0) is 23.1 Å². The normalized spacial score (nSPS) is 12.7. The van der Waals surface area contributed by atoms with Gasteiger partial charge in [0, 0.05) is 34.0 Å². The van der Waals surface area contributed by atoms with E-state index >= 15 is 0 Å². The first-order valence-electron chi connectivity index (χ1n) is 5.46. The first-order valence-corrected chi connectivity index (χ1v) is 5.46. The van der Waals surface area contributed by atoms with Gasteiger partial charge in [-0.3, -0.25) is 0 Å². The van der Waals surface area contributed by atoms with E-state index in [2.05, 4.69) is 11.4 Å². The Hall–Kier alpha value is -1.35. The van der Waals surface area contributed by atoms with Gasteiger partial charge in [-0.1, -0.05) is 0 Å². The van der Waals surface area contributed by atoms with E-state index in [4.69, 9.17) is 14.7 Å². The fourth-order valence-corrected chi connectivity index (χ4v) is 1.72. The summed E-state index contributed by atoms with van der Waals surface area (Å²) in [6.45, 7) is 2.67. The Labute approximate surface area is 102 Å². The maximum absolute atomic E-state index is 8.84. The van der Waals surface area contributed by atoms with Crippen LogP contribution in [0.1, 0.15) is 18.2 Å². The fourth-order valence-electron chi connectivity index (χ4n) is 1.72. The standard InChI is InChI=1S/C12H19N3O2/c1-9(12(16-3)17-4)14-7-10-5-11(6-13)15(2)8-10/h5,8-9,12,14H,7H2,1-4H3. The number of nitriles is 1. The van der Waals surface area contributed by atoms with Crippen LogP contribution in [0.2, 0.25) is 0 Å². The minimum Gasteiger partial charge on any atom is -0.354 e. The molecule has 0 aliphatic carbocycles. The third-order valence-corrected chi connectivity index (χ3v) is 2.68. The topological polar surface area (TPSA) is 59.2 Å². The molecular weight excluding hydrogens is 218 g/mol. The van der Waals surface area contributed by atoms with Crippen LogP contribution in [0.25, 0.3) is 0 Å². The highest BCUT2D eigenvalue weighted by Crippen LogP contribution is 2.07. The summed E-state index contributed by atoms with van der Waals surface area (Å²) in [6.07, 6.45) is 1.67. The third kappa shape index (κ3) is 3.56. The van der Waals surface area contributed by atoms with Crippen LogP contribution in [0, 0.1) is 11.3 Å². The highest BCUT2D eigenvalue weighted by atomic mass is 16.7. The van der Waals surface area contributed by atoms with Crippen molar-refractivity contribution in [1.29, 1.82) is 5.26 Å². The van der Waals surface area contributed by atoms with Gasteiger partial charge in [0.25, 0.3) is 0 Å². The second-order valence-corrected chi connectivity index (χ2v) is 3.97. The van der Waals surface area contributed by atoms with Crippen LogP contribution in [0.15, 0.2) is 12.3 Å². The molecule has 1 heterocycles. The zero-order valence-electron chi connectivity index (χ0n) is 10.7. The SMILES string of the molecule is COC(OC)C(C)NCc1cc(C#N)n(C)c1. The number of nitrogens with zero attached hydrogens (tertiary/aromatic N) is 2. The Morgan fingerprint density at radius 1 is 1.47 bits per heavy atom. The molecule has 5 heteroatoms. The molecular formula is C12H19N3O2. The van der Waals surface area contributed by atoms with Crippen LogP contribution >= 0.6 is 0 Å². The van der Waals surface area contributed by atoms with Gasteiger partial charge in [-0.15, -0.1) is 0 Å². The lowest BCUT2D eigenvalue weighted by molar-refractivity contribution is -0.119. The molecule has 1 N–H and O–H groups in total. The Balaban J connectivity index is 2.53. The Morgan fingerprint density at radius 2 is 2.12 bits per heavy atom. The lowest BCUT2D eigenvalue weighted by Crippen LogP contribution is -2.39. The number of ether oxygens (including phenoxy) is 2. The van der Waals surface area contributed by atoms with Gasteiger partial charge >= 0.3 is 0 Å². The van der Waals surface area contributed by atoms with Gasteiger partial charge in [0.05, 0.1) is 6.04 Å². The molecule has 0 aromatic carbocycles. The van der Waals surface area contributed by atoms with Gasteiger partial charge in [-0.25, -0.2) is 0 Å². The molecule has 0 aliphatic rings. The molecule has 94 valence electrons. The molecule has 5 nitrogen and oxygen atoms in total. The summed E-state index contributed by atoms with van der Waals surface area (Å²) in [5.74, 6) is 0. The predicted octanol–water partition coefficient (Wildman–Crippen LogP) is 0.994. The Bertz CT molecular complexity index is 391. The summed E-state index contributed by atoms with van der Waals surface area (Å²) in [5.41, 5.74) is 1.73. The minimum atomic E-state index is -0.269. The molecule has 0 saturated carbocycles. The number of aromatic nitrogens is 1. The molecule has 0 aliphatic heterocycles. The molecule has 0 bridgehead atoms. The number of nitrogens with one attached hydrogen (secondary N) is 1. The van der Waals surface area contributed by atoms with Gasteiger partial charge in [-0.05, 0) is 18.6 Å². The molecule has 0 spiro atoms. The van der Waals surface area contributed by atoms with Gasteiger partial charge in [-0.2, -0.15) is 5.26 Å². The van der Waals surface area contributed by atoms with E-state index in [1.54, 1.807) is 14.2 Å². The smallest absolute Gasteiger partial charge is 0.171 e. The van der Waals surface area contributed by atoms with Gasteiger partial charge < -0.3 is 19.4 Å². The summed E-state index contributed by atoms with van der Waals surface area (Å²) in [6, 6.07) is 4.08. The van der Waals surface area contributed by atoms with Crippen LogP contribution in [0.5, 0.6) is 0 Å². The first kappa shape index (κ1) is 13.7. The summed E-state index contributed by atoms with van der Waals surface area (Å²) in [4.78, 5) is 0. The van der Waals surface area contributed by atoms with E-state index in [0.29, 0.717) is 12.2 Å². The summed E-state index contributed by atoms with van der Waals surface area (Å²) in [7, 11) is 5.09. The van der Waals surface area contributed by atoms with Gasteiger partial charge in [0.2, 0.25) is 0 Å². The highest BCUT2D eigenvalue weighted by molar-refractivity contribution is 5.28. The van der Waals surface area contributed by atoms with Crippen molar-refractivity contribution in [1.82, 2.24) is 9.88 Å². The summed E-state index contributed by atoms with van der Waals surface area (Å²) >= 11 is 0. The van der Waals surface area contributed by atoms with Crippen LogP contribution in [-0.4, -0.2) is 31.1 Å². The lowest BCUT2D eigenvalue weighted by atomic mass is 10.2. The van der Waals surface area contributed by atoms with E-state index in [1.807, 2.05) is 30.8 Å². The number of rotatable bonds is 6. The largest absolute Gasteiger partial charge is 0.354 e. The van der Waals surface area contributed by atoms with Crippen molar-refractivity contribution in [2.45, 2.75) is 25.8 Å². The molecule has 0 amide bonds. The second kappa shape index (κ2) is 6.40. The van der Waals surface area contributed by atoms with Crippen molar-refractivity contribution in [2.75, 3.05) is 14.2 Å². The molecule has 1 aromatic heterocycles. The predicted molar refractivity (Wildman–Crippen MR) is 64.2 cm³/mol. The average Bonchev–Trinajstić information content (AvgIpc) is 2.69. The molecule has 0 fully saturated rings. The van der Waals surface area contributed by atoms with E-state index in [9.17, 15) is 0 Å². The van der Waals surface area contributed by atoms with Crippen LogP contribution < -0.4 is 5.32 Å². The third-order valence-electron chi connectivity index (χ3n) is 2.68. The maximum Gasteiger partial charge on any atom is 0.171 e. The number of methoxy groups -OCH3 is 2. The molecule has 0 radical (unpaired) electrons. The average molecular weight is 237 g/mol. The molecule has 17 heavy (non-hydrogen) atoms. The van der Waals surface area contributed by atoms with E-state index in [0.717, 1.165) is 5.56 Å². The van der Waals surface area contributed by atoms with Crippen molar-refractivity contribution in [3.8, 4) is 6.07 Å². The molecule has 0 saturated heterocycles. The van der Waals surface area contributed by atoms with Gasteiger partial charge in [0.15, 0.2) is 6.29 Å². The molecule has 1 aromatic rings. The monoisotopic (exact) mass is 237 g/mol. The lowest BCUT2D eigenvalue weighted by Gasteiger charge is -2.21. The maximum atomic E-state index is 8.84. The Kier molecular flexibility index (Phi) is 5.16. The van der Waals surface area contributed by atoms with E-state index < -0.39 is 0 Å². The zero-order valence-corrected chi connectivity index (χ0v) is 10.7. The second-order valence-electron chi connectivity index (χ2n) is 3.97. The summed E-state index contributed by atoms with van der Waals surface area (Å²) < 4.78 is 12.1. The van der Waals surface area contributed by atoms with Crippen molar-refractivity contribution in [2.24, 2.45) is 7.05 Å². The quantitative estimate of drug-likeness (QED) is 0.750. The molecule has 1 unspecified atom stereocenters. The van der Waals surface area contributed by atoms with Crippen LogP contribution in [0.3, 0.4) is 0 Å². The highest BCUT2D eigenvalue weighted by Gasteiger charge is 2.15. The number of hydrogen-bond donors (Lipinski definition) is 1. The minimum absolute atomic E-state index is 0.0794. The van der Waals surface area contributed by atoms with Gasteiger partial charge in [0.1, 0.15) is 11.8 Å². The number of aryl methyl sites for hydroxylation is 1. The number of hydrogen-bond acceptors (Lipinski definition) is 4. The first-order chi connectivity index (χ1) is 8.12. The van der Waals surface area contributed by atoms with Crippen LogP contribution in [0.4, 0.5) is 0 Å². The van der Waals surface area contributed by atoms with Crippen molar-refractivity contribution in [3.63, 3.8) is 0 Å². The van der Waals surface area contributed by atoms with E-state index in [-0.39, 0.29) is 12.3 Å². The van der Waals surface area contributed by atoms with E-state index in [1.165, 1.54) is 0 Å². The fraction of sp³-hybridized carbons (Fsp3) is 0.583.